The molecule has 0 N–H and O–H groups in total. The fourth-order valence-corrected chi connectivity index (χ4v) is 2.23. The second-order valence-electron chi connectivity index (χ2n) is 2.46. The van der Waals surface area contributed by atoms with Crippen molar-refractivity contribution in [1.29, 1.82) is 0 Å². The zero-order valence-corrected chi connectivity index (χ0v) is 8.28. The quantitative estimate of drug-likeness (QED) is 0.737. The van der Waals surface area contributed by atoms with Crippen LogP contribution in [-0.2, 0) is 6.42 Å². The lowest BCUT2D eigenvalue weighted by Gasteiger charge is -1.88. The van der Waals surface area contributed by atoms with Crippen LogP contribution in [0.5, 0.6) is 0 Å². The molecule has 0 spiro atoms. The van der Waals surface area contributed by atoms with Crippen molar-refractivity contribution in [2.75, 3.05) is 0 Å². The molecule has 2 rings (SSSR count). The van der Waals surface area contributed by atoms with Crippen LogP contribution in [0, 0.1) is 6.92 Å². The molecule has 0 aliphatic heterocycles. The highest BCUT2D eigenvalue weighted by molar-refractivity contribution is 7.10. The molecule has 0 aliphatic rings. The molecule has 62 valence electrons. The Morgan fingerprint density at radius 2 is 2.33 bits per heavy atom. The SMILES string of the molecule is Cc1nc(Cc2nccs2)cs1. The molecule has 0 unspecified atom stereocenters. The molecule has 0 bridgehead atoms. The lowest BCUT2D eigenvalue weighted by molar-refractivity contribution is 1.06. The number of thiazole rings is 2. The van der Waals surface area contributed by atoms with Crippen molar-refractivity contribution in [1.82, 2.24) is 9.97 Å². The van der Waals surface area contributed by atoms with Crippen LogP contribution in [0.1, 0.15) is 15.7 Å². The van der Waals surface area contributed by atoms with E-state index < -0.39 is 0 Å². The summed E-state index contributed by atoms with van der Waals surface area (Å²) in [5.74, 6) is 0. The van der Waals surface area contributed by atoms with Crippen LogP contribution in [0.25, 0.3) is 0 Å². The Labute approximate surface area is 78.9 Å². The summed E-state index contributed by atoms with van der Waals surface area (Å²) in [7, 11) is 0. The highest BCUT2D eigenvalue weighted by Crippen LogP contribution is 2.14. The zero-order chi connectivity index (χ0) is 8.39. The molecular weight excluding hydrogens is 188 g/mol. The van der Waals surface area contributed by atoms with Gasteiger partial charge in [-0.15, -0.1) is 22.7 Å². The summed E-state index contributed by atoms with van der Waals surface area (Å²) in [6.07, 6.45) is 2.71. The number of hydrogen-bond donors (Lipinski definition) is 0. The number of nitrogens with zero attached hydrogens (tertiary/aromatic N) is 2. The summed E-state index contributed by atoms with van der Waals surface area (Å²) < 4.78 is 0. The first-order valence-electron chi connectivity index (χ1n) is 3.64. The van der Waals surface area contributed by atoms with E-state index in [1.807, 2.05) is 18.5 Å². The van der Waals surface area contributed by atoms with E-state index >= 15 is 0 Å². The van der Waals surface area contributed by atoms with Crippen molar-refractivity contribution in [3.8, 4) is 0 Å². The minimum Gasteiger partial charge on any atom is -0.249 e. The van der Waals surface area contributed by atoms with E-state index in [0.29, 0.717) is 0 Å². The van der Waals surface area contributed by atoms with Crippen molar-refractivity contribution in [3.05, 3.63) is 32.7 Å². The zero-order valence-electron chi connectivity index (χ0n) is 6.65. The van der Waals surface area contributed by atoms with Crippen molar-refractivity contribution in [3.63, 3.8) is 0 Å². The van der Waals surface area contributed by atoms with Gasteiger partial charge in [0.25, 0.3) is 0 Å². The summed E-state index contributed by atoms with van der Waals surface area (Å²) in [6.45, 7) is 2.02. The maximum Gasteiger partial charge on any atom is 0.0984 e. The summed E-state index contributed by atoms with van der Waals surface area (Å²) >= 11 is 3.37. The Hall–Kier alpha value is -0.740. The average Bonchev–Trinajstić information content (AvgIpc) is 2.63. The van der Waals surface area contributed by atoms with Crippen molar-refractivity contribution in [2.45, 2.75) is 13.3 Å². The number of hydrogen-bond acceptors (Lipinski definition) is 4. The van der Waals surface area contributed by atoms with Gasteiger partial charge >= 0.3 is 0 Å². The second kappa shape index (κ2) is 3.33. The van der Waals surface area contributed by atoms with Gasteiger partial charge in [-0.05, 0) is 6.92 Å². The van der Waals surface area contributed by atoms with Gasteiger partial charge in [0, 0.05) is 23.4 Å². The van der Waals surface area contributed by atoms with E-state index in [2.05, 4.69) is 15.3 Å². The first-order valence-corrected chi connectivity index (χ1v) is 5.40. The van der Waals surface area contributed by atoms with Crippen molar-refractivity contribution >= 4 is 22.7 Å². The van der Waals surface area contributed by atoms with Gasteiger partial charge in [-0.25, -0.2) is 9.97 Å². The van der Waals surface area contributed by atoms with Crippen LogP contribution in [-0.4, -0.2) is 9.97 Å². The van der Waals surface area contributed by atoms with E-state index in [9.17, 15) is 0 Å². The molecule has 0 aromatic carbocycles. The predicted molar refractivity (Wildman–Crippen MR) is 51.8 cm³/mol. The van der Waals surface area contributed by atoms with E-state index in [1.54, 1.807) is 22.7 Å². The van der Waals surface area contributed by atoms with E-state index in [-0.39, 0.29) is 0 Å². The van der Waals surface area contributed by atoms with Crippen LogP contribution in [0.2, 0.25) is 0 Å². The van der Waals surface area contributed by atoms with Gasteiger partial charge in [0.2, 0.25) is 0 Å². The maximum atomic E-state index is 4.37. The predicted octanol–water partition coefficient (Wildman–Crippen LogP) is 2.50. The average molecular weight is 196 g/mol. The second-order valence-corrected chi connectivity index (χ2v) is 4.50. The van der Waals surface area contributed by atoms with Gasteiger partial charge < -0.3 is 0 Å². The number of aryl methyl sites for hydroxylation is 1. The van der Waals surface area contributed by atoms with Crippen molar-refractivity contribution < 1.29 is 0 Å². The van der Waals surface area contributed by atoms with Gasteiger partial charge in [-0.2, -0.15) is 0 Å². The summed E-state index contributed by atoms with van der Waals surface area (Å²) in [5.41, 5.74) is 1.13. The molecule has 0 aliphatic carbocycles. The van der Waals surface area contributed by atoms with Gasteiger partial charge in [0.05, 0.1) is 15.7 Å². The molecule has 0 saturated carbocycles. The maximum absolute atomic E-state index is 4.37. The van der Waals surface area contributed by atoms with Crippen LogP contribution in [0.4, 0.5) is 0 Å². The summed E-state index contributed by atoms with van der Waals surface area (Å²) in [4.78, 5) is 8.57. The highest BCUT2D eigenvalue weighted by atomic mass is 32.1. The van der Waals surface area contributed by atoms with Gasteiger partial charge in [0.1, 0.15) is 0 Å². The van der Waals surface area contributed by atoms with Crippen LogP contribution in [0.15, 0.2) is 17.0 Å². The minimum absolute atomic E-state index is 0.877. The van der Waals surface area contributed by atoms with E-state index in [1.165, 1.54) is 0 Å². The number of rotatable bonds is 2. The Balaban J connectivity index is 2.14. The third kappa shape index (κ3) is 1.70. The van der Waals surface area contributed by atoms with E-state index in [4.69, 9.17) is 0 Å². The molecule has 2 aromatic rings. The largest absolute Gasteiger partial charge is 0.249 e. The molecule has 2 nitrogen and oxygen atoms in total. The van der Waals surface area contributed by atoms with Crippen LogP contribution >= 0.6 is 22.7 Å². The molecule has 0 saturated heterocycles. The number of aromatic nitrogens is 2. The van der Waals surface area contributed by atoms with Gasteiger partial charge in [0.15, 0.2) is 0 Å². The fraction of sp³-hybridized carbons (Fsp3) is 0.250. The van der Waals surface area contributed by atoms with Gasteiger partial charge in [-0.3, -0.25) is 0 Å². The smallest absolute Gasteiger partial charge is 0.0984 e. The Bertz CT molecular complexity index is 351. The monoisotopic (exact) mass is 196 g/mol. The molecular formula is C8H8N2S2. The molecule has 4 heteroatoms. The molecule has 12 heavy (non-hydrogen) atoms. The Morgan fingerprint density at radius 1 is 1.42 bits per heavy atom. The summed E-state index contributed by atoms with van der Waals surface area (Å²) in [6, 6.07) is 0. The lowest BCUT2D eigenvalue weighted by Crippen LogP contribution is -1.86. The molecule has 2 aromatic heterocycles. The standard InChI is InChI=1S/C8H8N2S2/c1-6-10-7(5-12-6)4-8-9-2-3-11-8/h2-3,5H,4H2,1H3. The third-order valence-electron chi connectivity index (χ3n) is 1.48. The Morgan fingerprint density at radius 3 is 2.92 bits per heavy atom. The summed E-state index contributed by atoms with van der Waals surface area (Å²) in [5, 5.41) is 6.35. The molecule has 0 radical (unpaired) electrons. The first-order chi connectivity index (χ1) is 5.84. The minimum atomic E-state index is 0.877. The molecule has 0 amide bonds. The molecule has 0 fully saturated rings. The lowest BCUT2D eigenvalue weighted by atomic mass is 10.3. The first kappa shape index (κ1) is 7.89. The van der Waals surface area contributed by atoms with E-state index in [0.717, 1.165) is 22.1 Å². The normalized spacial score (nSPS) is 10.4. The molecule has 0 atom stereocenters. The fourth-order valence-electron chi connectivity index (χ4n) is 0.985. The van der Waals surface area contributed by atoms with Crippen molar-refractivity contribution in [2.24, 2.45) is 0 Å². The Kier molecular flexibility index (Phi) is 2.19. The third-order valence-corrected chi connectivity index (χ3v) is 3.08. The highest BCUT2D eigenvalue weighted by Gasteiger charge is 2.01. The van der Waals surface area contributed by atoms with Crippen LogP contribution < -0.4 is 0 Å². The van der Waals surface area contributed by atoms with Gasteiger partial charge in [-0.1, -0.05) is 0 Å². The molecule has 2 heterocycles. The topological polar surface area (TPSA) is 25.8 Å². The van der Waals surface area contributed by atoms with Crippen LogP contribution in [0.3, 0.4) is 0 Å².